The quantitative estimate of drug-likeness (QED) is 0.609. The maximum Gasteiger partial charge on any atom is 0.272 e. The normalized spacial score (nSPS) is 10.5. The number of carboxylic acids is 1. The minimum absolute atomic E-state index is 0.0715. The number of halogens is 1. The molecular weight excluding hydrogens is 269 g/mol. The number of hydrogen-bond donors (Lipinski definition) is 0. The lowest BCUT2D eigenvalue weighted by Gasteiger charge is -2.02. The molecule has 0 aliphatic carbocycles. The summed E-state index contributed by atoms with van der Waals surface area (Å²) in [4.78, 5) is 20.7. The van der Waals surface area contributed by atoms with Gasteiger partial charge >= 0.3 is 0 Å². The number of aryl methyl sites for hydroxylation is 1. The zero-order valence-corrected chi connectivity index (χ0v) is 10.4. The van der Waals surface area contributed by atoms with Gasteiger partial charge in [0.05, 0.1) is 22.7 Å². The first kappa shape index (κ1) is 13.7. The highest BCUT2D eigenvalue weighted by Gasteiger charge is 2.15. The van der Waals surface area contributed by atoms with E-state index in [0.29, 0.717) is 6.42 Å². The first-order valence-electron chi connectivity index (χ1n) is 5.68. The summed E-state index contributed by atoms with van der Waals surface area (Å²) in [5, 5.41) is 25.4. The summed E-state index contributed by atoms with van der Waals surface area (Å²) >= 11 is 0. The Kier molecular flexibility index (Phi) is 3.47. The highest BCUT2D eigenvalue weighted by atomic mass is 19.1. The third-order valence-electron chi connectivity index (χ3n) is 2.73. The van der Waals surface area contributed by atoms with Gasteiger partial charge in [-0.15, -0.1) is 0 Å². The Morgan fingerprint density at radius 3 is 2.65 bits per heavy atom. The molecule has 2 aromatic rings. The van der Waals surface area contributed by atoms with Crippen LogP contribution in [0.15, 0.2) is 24.4 Å². The van der Waals surface area contributed by atoms with E-state index in [1.54, 1.807) is 6.92 Å². The molecular formula is C12H9FN3O4-. The van der Waals surface area contributed by atoms with Crippen molar-refractivity contribution in [2.45, 2.75) is 13.3 Å². The van der Waals surface area contributed by atoms with Crippen LogP contribution in [0.1, 0.15) is 23.0 Å². The number of carbonyl (C=O) groups is 1. The molecule has 20 heavy (non-hydrogen) atoms. The lowest BCUT2D eigenvalue weighted by Crippen LogP contribution is -2.22. The summed E-state index contributed by atoms with van der Waals surface area (Å²) in [5.74, 6) is -2.27. The van der Waals surface area contributed by atoms with Gasteiger partial charge in [0.25, 0.3) is 5.69 Å². The summed E-state index contributed by atoms with van der Waals surface area (Å²) in [7, 11) is 0. The van der Waals surface area contributed by atoms with Crippen LogP contribution in [0.2, 0.25) is 0 Å². The van der Waals surface area contributed by atoms with Gasteiger partial charge in [-0.1, -0.05) is 6.92 Å². The molecule has 0 N–H and O–H groups in total. The zero-order valence-electron chi connectivity index (χ0n) is 10.4. The van der Waals surface area contributed by atoms with Crippen LogP contribution in [0, 0.1) is 15.9 Å². The smallest absolute Gasteiger partial charge is 0.272 e. The van der Waals surface area contributed by atoms with Crippen LogP contribution in [0.25, 0.3) is 5.69 Å². The predicted octanol–water partition coefficient (Wildman–Crippen LogP) is 0.845. The molecule has 0 bridgehead atoms. The highest BCUT2D eigenvalue weighted by molar-refractivity contribution is 5.86. The van der Waals surface area contributed by atoms with E-state index < -0.39 is 22.4 Å². The molecule has 0 aliphatic heterocycles. The fourth-order valence-electron chi connectivity index (χ4n) is 1.76. The lowest BCUT2D eigenvalue weighted by atomic mass is 10.2. The van der Waals surface area contributed by atoms with E-state index in [4.69, 9.17) is 0 Å². The number of carboxylic acid groups (broad SMARTS) is 1. The van der Waals surface area contributed by atoms with Crippen molar-refractivity contribution in [1.29, 1.82) is 0 Å². The average Bonchev–Trinajstić information content (AvgIpc) is 2.82. The van der Waals surface area contributed by atoms with Gasteiger partial charge in [0.1, 0.15) is 5.69 Å². The standard InChI is InChI=1S/C12H10FN3O4/c1-2-10-8(12(17)18)6-15(14-10)11-4-3-7(16(19)20)5-9(11)13/h3-6H,2H2,1H3,(H,17,18)/p-1. The molecule has 0 unspecified atom stereocenters. The summed E-state index contributed by atoms with van der Waals surface area (Å²) in [6.07, 6.45) is 1.46. The monoisotopic (exact) mass is 278 g/mol. The zero-order chi connectivity index (χ0) is 14.9. The number of benzene rings is 1. The van der Waals surface area contributed by atoms with Crippen LogP contribution in [0.5, 0.6) is 0 Å². The number of non-ortho nitro benzene ring substituents is 1. The third kappa shape index (κ3) is 2.35. The summed E-state index contributed by atoms with van der Waals surface area (Å²) in [6, 6.07) is 3.03. The van der Waals surface area contributed by atoms with Gasteiger partial charge in [0.15, 0.2) is 5.82 Å². The molecule has 7 nitrogen and oxygen atoms in total. The van der Waals surface area contributed by atoms with Gasteiger partial charge in [-0.25, -0.2) is 9.07 Å². The molecule has 0 saturated carbocycles. The number of rotatable bonds is 4. The molecule has 0 fully saturated rings. The van der Waals surface area contributed by atoms with E-state index in [1.807, 2.05) is 0 Å². The number of nitro groups is 1. The molecule has 1 aromatic heterocycles. The Labute approximate surface area is 112 Å². The number of nitrogens with zero attached hydrogens (tertiary/aromatic N) is 3. The van der Waals surface area contributed by atoms with E-state index in [2.05, 4.69) is 5.10 Å². The number of carbonyl (C=O) groups excluding carboxylic acids is 1. The van der Waals surface area contributed by atoms with E-state index in [9.17, 15) is 24.4 Å². The SMILES string of the molecule is CCc1nn(-c2ccc([N+](=O)[O-])cc2F)cc1C(=O)[O-]. The van der Waals surface area contributed by atoms with Gasteiger partial charge in [0, 0.05) is 17.8 Å². The van der Waals surface area contributed by atoms with Crippen molar-refractivity contribution in [3.8, 4) is 5.69 Å². The van der Waals surface area contributed by atoms with E-state index in [-0.39, 0.29) is 16.9 Å². The van der Waals surface area contributed by atoms with Crippen molar-refractivity contribution in [1.82, 2.24) is 9.78 Å². The lowest BCUT2D eigenvalue weighted by molar-refractivity contribution is -0.385. The second-order valence-corrected chi connectivity index (χ2v) is 3.97. The Morgan fingerprint density at radius 1 is 1.50 bits per heavy atom. The second-order valence-electron chi connectivity index (χ2n) is 3.97. The number of aromatic carboxylic acids is 1. The molecule has 0 aliphatic rings. The molecule has 104 valence electrons. The number of hydrogen-bond acceptors (Lipinski definition) is 5. The number of aromatic nitrogens is 2. The minimum Gasteiger partial charge on any atom is -0.545 e. The number of nitro benzene ring substituents is 1. The van der Waals surface area contributed by atoms with Crippen LogP contribution >= 0.6 is 0 Å². The molecule has 0 atom stereocenters. The van der Waals surface area contributed by atoms with Gasteiger partial charge in [-0.05, 0) is 12.5 Å². The maximum absolute atomic E-state index is 13.8. The van der Waals surface area contributed by atoms with Gasteiger partial charge < -0.3 is 9.90 Å². The highest BCUT2D eigenvalue weighted by Crippen LogP contribution is 2.20. The predicted molar refractivity (Wildman–Crippen MR) is 63.9 cm³/mol. The molecule has 2 rings (SSSR count). The molecule has 1 aromatic carbocycles. The summed E-state index contributed by atoms with van der Waals surface area (Å²) in [6.45, 7) is 1.70. The Morgan fingerprint density at radius 2 is 2.20 bits per heavy atom. The first-order chi connectivity index (χ1) is 9.43. The van der Waals surface area contributed by atoms with Crippen LogP contribution in [0.3, 0.4) is 0 Å². The minimum atomic E-state index is -1.41. The molecule has 0 radical (unpaired) electrons. The molecule has 1 heterocycles. The molecule has 0 saturated heterocycles. The fourth-order valence-corrected chi connectivity index (χ4v) is 1.76. The van der Waals surface area contributed by atoms with Crippen molar-refractivity contribution in [3.63, 3.8) is 0 Å². The summed E-state index contributed by atoms with van der Waals surface area (Å²) < 4.78 is 14.8. The van der Waals surface area contributed by atoms with Crippen molar-refractivity contribution in [3.05, 3.63) is 51.6 Å². The van der Waals surface area contributed by atoms with Crippen molar-refractivity contribution >= 4 is 11.7 Å². The third-order valence-corrected chi connectivity index (χ3v) is 2.73. The van der Waals surface area contributed by atoms with Crippen LogP contribution < -0.4 is 5.11 Å². The average molecular weight is 278 g/mol. The topological polar surface area (TPSA) is 101 Å². The van der Waals surface area contributed by atoms with Crippen molar-refractivity contribution in [2.75, 3.05) is 0 Å². The van der Waals surface area contributed by atoms with E-state index in [0.717, 1.165) is 23.0 Å². The molecule has 8 heteroatoms. The second kappa shape index (κ2) is 5.08. The Hall–Kier alpha value is -2.77. The van der Waals surface area contributed by atoms with Gasteiger partial charge in [-0.3, -0.25) is 10.1 Å². The van der Waals surface area contributed by atoms with Crippen LogP contribution in [0.4, 0.5) is 10.1 Å². The van der Waals surface area contributed by atoms with Crippen molar-refractivity contribution in [2.24, 2.45) is 0 Å². The summed E-state index contributed by atoms with van der Waals surface area (Å²) in [5.41, 5.74) is -0.347. The van der Waals surface area contributed by atoms with Crippen molar-refractivity contribution < 1.29 is 19.2 Å². The van der Waals surface area contributed by atoms with E-state index in [1.165, 1.54) is 6.07 Å². The Bertz CT molecular complexity index is 696. The molecule has 0 amide bonds. The molecule has 0 spiro atoms. The van der Waals surface area contributed by atoms with Gasteiger partial charge in [-0.2, -0.15) is 5.10 Å². The first-order valence-corrected chi connectivity index (χ1v) is 5.68. The van der Waals surface area contributed by atoms with Crippen LogP contribution in [-0.4, -0.2) is 20.7 Å². The van der Waals surface area contributed by atoms with Crippen LogP contribution in [-0.2, 0) is 6.42 Å². The fraction of sp³-hybridized carbons (Fsp3) is 0.167. The Balaban J connectivity index is 2.52. The van der Waals surface area contributed by atoms with E-state index >= 15 is 0 Å². The largest absolute Gasteiger partial charge is 0.545 e. The maximum atomic E-state index is 13.8. The van der Waals surface area contributed by atoms with Gasteiger partial charge in [0.2, 0.25) is 0 Å².